The Morgan fingerprint density at radius 3 is 2.59 bits per heavy atom. The number of likely N-dealkylation sites (tertiary alicyclic amines) is 1. The van der Waals surface area contributed by atoms with E-state index in [1.807, 2.05) is 6.07 Å². The molecule has 1 atom stereocenters. The molecule has 2 aromatic carbocycles. The zero-order chi connectivity index (χ0) is 23.0. The van der Waals surface area contributed by atoms with E-state index in [0.29, 0.717) is 23.7 Å². The summed E-state index contributed by atoms with van der Waals surface area (Å²) in [6.45, 7) is 1.99. The Bertz CT molecular complexity index is 1240. The number of carbonyl (C=O) groups excluding carboxylic acids is 1. The second kappa shape index (κ2) is 8.43. The van der Waals surface area contributed by atoms with Gasteiger partial charge >= 0.3 is 6.18 Å². The van der Waals surface area contributed by atoms with E-state index in [1.54, 1.807) is 30.0 Å². The Hall–Kier alpha value is -3.13. The molecule has 1 saturated heterocycles. The molecule has 1 fully saturated rings. The van der Waals surface area contributed by atoms with Crippen LogP contribution in [0.1, 0.15) is 46.2 Å². The van der Waals surface area contributed by atoms with Crippen LogP contribution in [-0.4, -0.2) is 27.1 Å². The molecule has 1 aliphatic rings. The van der Waals surface area contributed by atoms with Crippen LogP contribution in [0.15, 0.2) is 59.4 Å². The van der Waals surface area contributed by atoms with Gasteiger partial charge in [-0.1, -0.05) is 29.8 Å². The number of halogens is 4. The van der Waals surface area contributed by atoms with E-state index >= 15 is 0 Å². The summed E-state index contributed by atoms with van der Waals surface area (Å²) >= 11 is 6.09. The molecule has 1 aromatic heterocycles. The molecule has 0 N–H and O–H groups in total. The summed E-state index contributed by atoms with van der Waals surface area (Å²) in [5, 5.41) is 4.72. The van der Waals surface area contributed by atoms with Gasteiger partial charge in [0.1, 0.15) is 0 Å². The smallest absolute Gasteiger partial charge is 0.330 e. The average molecular weight is 462 g/mol. The van der Waals surface area contributed by atoms with Crippen molar-refractivity contribution in [1.82, 2.24) is 14.7 Å². The third-order valence-electron chi connectivity index (χ3n) is 5.48. The molecule has 0 saturated carbocycles. The third kappa shape index (κ3) is 4.27. The number of aryl methyl sites for hydroxylation is 1. The first-order valence-electron chi connectivity index (χ1n) is 10.0. The number of rotatable bonds is 3. The molecule has 3 aromatic rings. The van der Waals surface area contributed by atoms with E-state index in [4.69, 9.17) is 11.6 Å². The van der Waals surface area contributed by atoms with Gasteiger partial charge < -0.3 is 4.90 Å². The third-order valence-corrected chi connectivity index (χ3v) is 5.71. The Morgan fingerprint density at radius 2 is 1.88 bits per heavy atom. The van der Waals surface area contributed by atoms with Crippen molar-refractivity contribution in [2.75, 3.05) is 6.54 Å². The van der Waals surface area contributed by atoms with E-state index < -0.39 is 23.1 Å². The minimum atomic E-state index is -4.53. The Kier molecular flexibility index (Phi) is 5.81. The molecular weight excluding hydrogens is 443 g/mol. The summed E-state index contributed by atoms with van der Waals surface area (Å²) in [5.74, 6) is -0.557. The van der Waals surface area contributed by atoms with Crippen LogP contribution in [0.4, 0.5) is 13.2 Å². The molecule has 0 aliphatic carbocycles. The van der Waals surface area contributed by atoms with E-state index in [-0.39, 0.29) is 17.4 Å². The van der Waals surface area contributed by atoms with Crippen LogP contribution < -0.4 is 5.43 Å². The van der Waals surface area contributed by atoms with Crippen molar-refractivity contribution in [2.24, 2.45) is 0 Å². The van der Waals surface area contributed by atoms with Crippen LogP contribution in [0.3, 0.4) is 0 Å². The van der Waals surface area contributed by atoms with Gasteiger partial charge in [-0.25, -0.2) is 4.68 Å². The Labute approximate surface area is 187 Å². The van der Waals surface area contributed by atoms with Crippen molar-refractivity contribution >= 4 is 17.5 Å². The predicted octanol–water partition coefficient (Wildman–Crippen LogP) is 5.19. The van der Waals surface area contributed by atoms with Gasteiger partial charge in [0.05, 0.1) is 17.3 Å². The van der Waals surface area contributed by atoms with E-state index in [2.05, 4.69) is 5.10 Å². The number of hydrogen-bond donors (Lipinski definition) is 0. The molecule has 5 nitrogen and oxygen atoms in total. The molecule has 0 bridgehead atoms. The molecule has 1 unspecified atom stereocenters. The van der Waals surface area contributed by atoms with Gasteiger partial charge in [-0.2, -0.15) is 18.3 Å². The van der Waals surface area contributed by atoms with Gasteiger partial charge in [0, 0.05) is 23.3 Å². The first kappa shape index (κ1) is 22.1. The summed E-state index contributed by atoms with van der Waals surface area (Å²) in [6, 6.07) is 12.7. The Balaban J connectivity index is 1.73. The van der Waals surface area contributed by atoms with Crippen molar-refractivity contribution in [1.29, 1.82) is 0 Å². The van der Waals surface area contributed by atoms with Gasteiger partial charge in [0.2, 0.25) is 5.43 Å². The number of hydrogen-bond acceptors (Lipinski definition) is 3. The van der Waals surface area contributed by atoms with Gasteiger partial charge in [0.15, 0.2) is 5.69 Å². The molecule has 0 radical (unpaired) electrons. The van der Waals surface area contributed by atoms with Crippen LogP contribution in [0.25, 0.3) is 5.69 Å². The maximum Gasteiger partial charge on any atom is 0.416 e. The normalized spacial score (nSPS) is 16.4. The summed E-state index contributed by atoms with van der Waals surface area (Å²) in [5.41, 5.74) is -0.468. The summed E-state index contributed by atoms with van der Waals surface area (Å²) < 4.78 is 40.6. The average Bonchev–Trinajstić information content (AvgIpc) is 3.23. The fourth-order valence-corrected chi connectivity index (χ4v) is 4.18. The minimum absolute atomic E-state index is 0.110. The van der Waals surface area contributed by atoms with Crippen molar-refractivity contribution in [3.05, 3.63) is 92.4 Å². The monoisotopic (exact) mass is 461 g/mol. The van der Waals surface area contributed by atoms with Crippen LogP contribution in [0, 0.1) is 6.92 Å². The highest BCUT2D eigenvalue weighted by atomic mass is 35.5. The highest BCUT2D eigenvalue weighted by Gasteiger charge is 2.33. The van der Waals surface area contributed by atoms with E-state index in [1.165, 1.54) is 22.9 Å². The van der Waals surface area contributed by atoms with Crippen LogP contribution >= 0.6 is 11.6 Å². The van der Waals surface area contributed by atoms with Crippen LogP contribution in [-0.2, 0) is 6.18 Å². The lowest BCUT2D eigenvalue weighted by molar-refractivity contribution is -0.137. The number of amides is 1. The van der Waals surface area contributed by atoms with Gasteiger partial charge in [0.25, 0.3) is 5.91 Å². The zero-order valence-corrected chi connectivity index (χ0v) is 17.8. The van der Waals surface area contributed by atoms with Crippen LogP contribution in [0.5, 0.6) is 0 Å². The molecule has 2 heterocycles. The van der Waals surface area contributed by atoms with Gasteiger partial charge in [-0.3, -0.25) is 9.59 Å². The summed E-state index contributed by atoms with van der Waals surface area (Å²) in [4.78, 5) is 27.5. The van der Waals surface area contributed by atoms with E-state index in [0.717, 1.165) is 24.1 Å². The second-order valence-electron chi connectivity index (χ2n) is 7.67. The predicted molar refractivity (Wildman–Crippen MR) is 114 cm³/mol. The fraction of sp³-hybridized carbons (Fsp3) is 0.261. The molecule has 1 amide bonds. The van der Waals surface area contributed by atoms with Gasteiger partial charge in [-0.15, -0.1) is 0 Å². The summed E-state index contributed by atoms with van der Waals surface area (Å²) in [7, 11) is 0. The van der Waals surface area contributed by atoms with Crippen molar-refractivity contribution in [3.63, 3.8) is 0 Å². The zero-order valence-electron chi connectivity index (χ0n) is 17.1. The molecule has 1 aliphatic heterocycles. The Morgan fingerprint density at radius 1 is 1.12 bits per heavy atom. The number of carbonyl (C=O) groups is 1. The van der Waals surface area contributed by atoms with Crippen LogP contribution in [0.2, 0.25) is 5.02 Å². The molecule has 166 valence electrons. The molecule has 32 heavy (non-hydrogen) atoms. The number of aromatic nitrogens is 2. The quantitative estimate of drug-likeness (QED) is 0.539. The fourth-order valence-electron chi connectivity index (χ4n) is 3.98. The lowest BCUT2D eigenvalue weighted by Crippen LogP contribution is -2.36. The van der Waals surface area contributed by atoms with Gasteiger partial charge in [-0.05, 0) is 55.7 Å². The maximum absolute atomic E-state index is 13.3. The largest absolute Gasteiger partial charge is 0.416 e. The molecular formula is C23H19ClF3N3O2. The highest BCUT2D eigenvalue weighted by molar-refractivity contribution is 6.30. The molecule has 0 spiro atoms. The maximum atomic E-state index is 13.3. The molecule has 4 rings (SSSR count). The first-order valence-corrected chi connectivity index (χ1v) is 10.4. The highest BCUT2D eigenvalue weighted by Crippen LogP contribution is 2.34. The number of alkyl halides is 3. The second-order valence-corrected chi connectivity index (χ2v) is 8.11. The topological polar surface area (TPSA) is 55.2 Å². The standard InChI is InChI=1S/C23H19ClF3N3O2/c1-14-11-20(31)21(28-30(14)18-8-3-6-16(13-18)23(25,26)27)22(32)29-10-4-9-19(29)15-5-2-7-17(24)12-15/h2-3,5-8,11-13,19H,4,9-10H2,1H3. The first-order chi connectivity index (χ1) is 15.1. The van der Waals surface area contributed by atoms with Crippen molar-refractivity contribution in [2.45, 2.75) is 32.0 Å². The number of nitrogens with zero attached hydrogens (tertiary/aromatic N) is 3. The van der Waals surface area contributed by atoms with Crippen molar-refractivity contribution in [3.8, 4) is 5.69 Å². The van der Waals surface area contributed by atoms with E-state index in [9.17, 15) is 22.8 Å². The lowest BCUT2D eigenvalue weighted by Gasteiger charge is -2.25. The summed E-state index contributed by atoms with van der Waals surface area (Å²) in [6.07, 6.45) is -3.07. The minimum Gasteiger partial charge on any atom is -0.330 e. The molecule has 9 heteroatoms. The van der Waals surface area contributed by atoms with Crippen molar-refractivity contribution < 1.29 is 18.0 Å². The SMILES string of the molecule is Cc1cc(=O)c(C(=O)N2CCCC2c2cccc(Cl)c2)nn1-c1cccc(C(F)(F)F)c1. The lowest BCUT2D eigenvalue weighted by atomic mass is 10.0. The number of benzene rings is 2.